The second-order valence-corrected chi connectivity index (χ2v) is 14.8. The number of urea groups is 1. The Morgan fingerprint density at radius 2 is 1.79 bits per heavy atom. The van der Waals surface area contributed by atoms with E-state index in [0.29, 0.717) is 19.4 Å². The first-order valence-electron chi connectivity index (χ1n) is 16.9. The number of aromatic nitrogens is 1. The van der Waals surface area contributed by atoms with Crippen LogP contribution in [-0.4, -0.2) is 92.0 Å². The molecule has 0 saturated carbocycles. The van der Waals surface area contributed by atoms with E-state index in [-0.39, 0.29) is 64.8 Å². The van der Waals surface area contributed by atoms with Gasteiger partial charge in [-0.05, 0) is 89.4 Å². The molecule has 17 heteroatoms. The molecule has 4 atom stereocenters. The van der Waals surface area contributed by atoms with Gasteiger partial charge in [-0.15, -0.1) is 0 Å². The highest BCUT2D eigenvalue weighted by atomic mass is 32.2. The Hall–Kier alpha value is -4.35. The summed E-state index contributed by atoms with van der Waals surface area (Å²) in [5, 5.41) is 16.5. The SMILES string of the molecule is Cc1noc(C)c1S(=O)(=O)Nc1ccc2c(c1)C(=O)N([C@@H](C)CO)C[C@H](C)[C@@H](CN(C)C(=O)Nc1ccc(C(F)(F)F)cc1)OCCCC[C@@H](C)O2. The molecule has 1 aliphatic heterocycles. The third-order valence-corrected chi connectivity index (χ3v) is 10.4. The van der Waals surface area contributed by atoms with Crippen LogP contribution in [0.25, 0.3) is 0 Å². The Bertz CT molecular complexity index is 1780. The summed E-state index contributed by atoms with van der Waals surface area (Å²) in [5.41, 5.74) is -0.318. The van der Waals surface area contributed by atoms with Crippen LogP contribution in [0.2, 0.25) is 0 Å². The largest absolute Gasteiger partial charge is 0.490 e. The number of nitrogens with zero attached hydrogens (tertiary/aromatic N) is 3. The molecule has 3 N–H and O–H groups in total. The summed E-state index contributed by atoms with van der Waals surface area (Å²) in [5.74, 6) is -0.581. The second kappa shape index (κ2) is 17.0. The van der Waals surface area contributed by atoms with E-state index in [1.165, 1.54) is 61.0 Å². The lowest BCUT2D eigenvalue weighted by Gasteiger charge is -2.35. The fraction of sp³-hybridized carbons (Fsp3) is 0.514. The lowest BCUT2D eigenvalue weighted by atomic mass is 10.0. The van der Waals surface area contributed by atoms with Gasteiger partial charge in [0.15, 0.2) is 10.7 Å². The standard InChI is InChI=1S/C35H46F3N5O8S/c1-21-18-43(22(2)20-44)33(45)29-17-28(41-52(47,48)32-24(4)40-51-25(32)5)14-15-30(29)50-23(3)9-7-8-16-49-31(21)19-42(6)34(46)39-27-12-10-26(11-13-27)35(36,37)38/h10-15,17,21-23,31,41,44H,7-9,16,18-20H2,1-6H3,(H,39,46)/t21-,22-,23+,31+/m0/s1. The molecule has 3 aromatic rings. The fourth-order valence-corrected chi connectivity index (χ4v) is 7.21. The van der Waals surface area contributed by atoms with Crippen LogP contribution >= 0.6 is 0 Å². The van der Waals surface area contributed by atoms with Crippen LogP contribution in [0.3, 0.4) is 0 Å². The fourth-order valence-electron chi connectivity index (χ4n) is 5.83. The number of carbonyl (C=O) groups excluding carboxylic acids is 2. The number of hydrogen-bond donors (Lipinski definition) is 3. The number of hydrogen-bond acceptors (Lipinski definition) is 9. The van der Waals surface area contributed by atoms with Crippen molar-refractivity contribution in [1.82, 2.24) is 15.0 Å². The number of sulfonamides is 1. The summed E-state index contributed by atoms with van der Waals surface area (Å²) in [6, 6.07) is 7.27. The van der Waals surface area contributed by atoms with E-state index in [1.807, 2.05) is 13.8 Å². The topological polar surface area (TPSA) is 164 Å². The van der Waals surface area contributed by atoms with Crippen LogP contribution in [0.5, 0.6) is 5.75 Å². The third-order valence-electron chi connectivity index (χ3n) is 8.80. The number of rotatable bonds is 8. The molecule has 0 saturated heterocycles. The Morgan fingerprint density at radius 1 is 1.12 bits per heavy atom. The van der Waals surface area contributed by atoms with Gasteiger partial charge >= 0.3 is 12.2 Å². The number of aliphatic hydroxyl groups is 1. The predicted molar refractivity (Wildman–Crippen MR) is 187 cm³/mol. The highest BCUT2D eigenvalue weighted by Gasteiger charge is 2.33. The third kappa shape index (κ3) is 10.2. The highest BCUT2D eigenvalue weighted by Crippen LogP contribution is 2.32. The Labute approximate surface area is 301 Å². The zero-order valence-corrected chi connectivity index (χ0v) is 30.8. The van der Waals surface area contributed by atoms with Crippen LogP contribution in [0.4, 0.5) is 29.3 Å². The van der Waals surface area contributed by atoms with Gasteiger partial charge in [0.05, 0.1) is 36.0 Å². The van der Waals surface area contributed by atoms with Gasteiger partial charge in [0.1, 0.15) is 11.4 Å². The number of halogens is 3. The number of aliphatic hydroxyl groups excluding tert-OH is 1. The van der Waals surface area contributed by atoms with Crippen molar-refractivity contribution in [3.63, 3.8) is 0 Å². The Balaban J connectivity index is 1.60. The molecule has 1 aromatic heterocycles. The van der Waals surface area contributed by atoms with Gasteiger partial charge < -0.3 is 34.2 Å². The van der Waals surface area contributed by atoms with E-state index >= 15 is 0 Å². The maximum Gasteiger partial charge on any atom is 0.416 e. The first kappa shape index (κ1) is 40.4. The maximum absolute atomic E-state index is 14.4. The Kier molecular flexibility index (Phi) is 13.2. The number of likely N-dealkylation sites (N-methyl/N-ethyl adjacent to an activating group) is 1. The van der Waals surface area contributed by atoms with Gasteiger partial charge in [-0.25, -0.2) is 13.2 Å². The second-order valence-electron chi connectivity index (χ2n) is 13.2. The molecule has 2 heterocycles. The number of fused-ring (bicyclic) bond motifs is 1. The highest BCUT2D eigenvalue weighted by molar-refractivity contribution is 7.92. The van der Waals surface area contributed by atoms with Crippen LogP contribution < -0.4 is 14.8 Å². The van der Waals surface area contributed by atoms with Crippen molar-refractivity contribution in [1.29, 1.82) is 0 Å². The average Bonchev–Trinajstić information content (AvgIpc) is 3.43. The summed E-state index contributed by atoms with van der Waals surface area (Å²) in [7, 11) is -2.61. The number of anilines is 2. The number of nitrogens with one attached hydrogen (secondary N) is 2. The monoisotopic (exact) mass is 753 g/mol. The van der Waals surface area contributed by atoms with E-state index in [9.17, 15) is 36.3 Å². The molecule has 4 rings (SSSR count). The molecule has 1 aliphatic rings. The maximum atomic E-state index is 14.4. The van der Waals surface area contributed by atoms with Crippen LogP contribution in [0, 0.1) is 19.8 Å². The van der Waals surface area contributed by atoms with E-state index in [1.54, 1.807) is 6.92 Å². The van der Waals surface area contributed by atoms with Gasteiger partial charge in [-0.2, -0.15) is 13.2 Å². The minimum Gasteiger partial charge on any atom is -0.490 e. The van der Waals surface area contributed by atoms with Crippen LogP contribution in [0.1, 0.15) is 67.4 Å². The number of aryl methyl sites for hydroxylation is 2. The van der Waals surface area contributed by atoms with Gasteiger partial charge in [-0.3, -0.25) is 9.52 Å². The van der Waals surface area contributed by atoms with Crippen molar-refractivity contribution in [3.05, 3.63) is 65.0 Å². The molecule has 2 aromatic carbocycles. The van der Waals surface area contributed by atoms with Crippen molar-refractivity contribution >= 4 is 33.3 Å². The summed E-state index contributed by atoms with van der Waals surface area (Å²) in [6.07, 6.45) is -3.41. The van der Waals surface area contributed by atoms with Gasteiger partial charge in [0, 0.05) is 44.0 Å². The van der Waals surface area contributed by atoms with Gasteiger partial charge in [0.2, 0.25) is 0 Å². The summed E-state index contributed by atoms with van der Waals surface area (Å²) < 4.78 is 85.6. The predicted octanol–water partition coefficient (Wildman–Crippen LogP) is 6.07. The molecule has 0 spiro atoms. The molecule has 52 heavy (non-hydrogen) atoms. The number of benzene rings is 2. The van der Waals surface area contributed by atoms with Gasteiger partial charge in [-0.1, -0.05) is 12.1 Å². The van der Waals surface area contributed by atoms with Crippen LogP contribution in [-0.2, 0) is 20.9 Å². The molecule has 0 fully saturated rings. The van der Waals surface area contributed by atoms with E-state index in [0.717, 1.165) is 18.6 Å². The number of ether oxygens (including phenoxy) is 2. The summed E-state index contributed by atoms with van der Waals surface area (Å²) in [4.78, 5) is 30.2. The molecular formula is C35H46F3N5O8S. The number of alkyl halides is 3. The van der Waals surface area contributed by atoms with Gasteiger partial charge in [0.25, 0.3) is 15.9 Å². The Morgan fingerprint density at radius 3 is 2.40 bits per heavy atom. The van der Waals surface area contributed by atoms with Crippen LogP contribution in [0.15, 0.2) is 51.9 Å². The zero-order chi connectivity index (χ0) is 38.4. The summed E-state index contributed by atoms with van der Waals surface area (Å²) in [6.45, 7) is 8.47. The number of carbonyl (C=O) groups is 2. The van der Waals surface area contributed by atoms with Crippen molar-refractivity contribution in [2.75, 3.05) is 43.4 Å². The van der Waals surface area contributed by atoms with Crippen molar-refractivity contribution in [3.8, 4) is 5.75 Å². The molecule has 3 amide bonds. The van der Waals surface area contributed by atoms with E-state index in [4.69, 9.17) is 14.0 Å². The molecule has 0 bridgehead atoms. The minimum absolute atomic E-state index is 0.0703. The smallest absolute Gasteiger partial charge is 0.416 e. The average molecular weight is 754 g/mol. The lowest BCUT2D eigenvalue weighted by Crippen LogP contribution is -2.48. The molecule has 0 radical (unpaired) electrons. The molecule has 0 aliphatic carbocycles. The quantitative estimate of drug-likeness (QED) is 0.248. The first-order chi connectivity index (χ1) is 24.4. The van der Waals surface area contributed by atoms with Crippen molar-refractivity contribution in [2.45, 2.75) is 83.2 Å². The molecule has 13 nitrogen and oxygen atoms in total. The van der Waals surface area contributed by atoms with E-state index < -0.39 is 51.8 Å². The normalized spacial score (nSPS) is 19.9. The number of amides is 3. The zero-order valence-electron chi connectivity index (χ0n) is 30.0. The molecular weight excluding hydrogens is 707 g/mol. The molecule has 286 valence electrons. The van der Waals surface area contributed by atoms with Crippen molar-refractivity contribution in [2.24, 2.45) is 5.92 Å². The minimum atomic E-state index is -4.51. The van der Waals surface area contributed by atoms with Crippen molar-refractivity contribution < 1.29 is 50.3 Å². The lowest BCUT2D eigenvalue weighted by molar-refractivity contribution is -0.137. The van der Waals surface area contributed by atoms with E-state index in [2.05, 4.69) is 15.2 Å². The summed E-state index contributed by atoms with van der Waals surface area (Å²) >= 11 is 0. The molecule has 0 unspecified atom stereocenters. The first-order valence-corrected chi connectivity index (χ1v) is 18.4.